The molecule has 0 aromatic carbocycles. The van der Waals surface area contributed by atoms with Crippen molar-refractivity contribution >= 4 is 0 Å². The minimum atomic E-state index is -2.36. The first-order chi connectivity index (χ1) is 6.16. The lowest BCUT2D eigenvalue weighted by Crippen LogP contribution is -2.34. The molecule has 0 aliphatic heterocycles. The Hall–Kier alpha value is -0.260. The van der Waals surface area contributed by atoms with Gasteiger partial charge >= 0.3 is 0 Å². The Morgan fingerprint density at radius 1 is 1.46 bits per heavy atom. The van der Waals surface area contributed by atoms with Gasteiger partial charge in [-0.15, -0.1) is 0 Å². The lowest BCUT2D eigenvalue weighted by molar-refractivity contribution is 0.0167. The number of nitrogens with one attached hydrogen (secondary N) is 1. The van der Waals surface area contributed by atoms with Crippen molar-refractivity contribution in [1.29, 1.82) is 0 Å². The van der Waals surface area contributed by atoms with E-state index in [1.54, 1.807) is 0 Å². The summed E-state index contributed by atoms with van der Waals surface area (Å²) < 4.78 is 27.8. The van der Waals surface area contributed by atoms with Crippen molar-refractivity contribution in [2.45, 2.75) is 25.8 Å². The van der Waals surface area contributed by atoms with Gasteiger partial charge < -0.3 is 15.8 Å². The van der Waals surface area contributed by atoms with Gasteiger partial charge in [0.05, 0.1) is 0 Å². The molecular formula is C8H18F2N2O. The third-order valence-electron chi connectivity index (χ3n) is 1.56. The zero-order chi connectivity index (χ0) is 10.1. The van der Waals surface area contributed by atoms with E-state index in [1.807, 2.05) is 6.92 Å². The summed E-state index contributed by atoms with van der Waals surface area (Å²) in [5, 5.41) is 3.13. The second-order valence-electron chi connectivity index (χ2n) is 2.91. The minimum absolute atomic E-state index is 0.273. The van der Waals surface area contributed by atoms with Gasteiger partial charge in [-0.25, -0.2) is 8.78 Å². The highest BCUT2D eigenvalue weighted by atomic mass is 19.3. The molecule has 0 spiro atoms. The van der Waals surface area contributed by atoms with E-state index in [9.17, 15) is 8.78 Å². The van der Waals surface area contributed by atoms with Crippen LogP contribution in [0.5, 0.6) is 0 Å². The highest BCUT2D eigenvalue weighted by Crippen LogP contribution is 1.93. The van der Waals surface area contributed by atoms with Crippen molar-refractivity contribution in [3.63, 3.8) is 0 Å². The van der Waals surface area contributed by atoms with E-state index in [0.29, 0.717) is 13.2 Å². The van der Waals surface area contributed by atoms with Crippen LogP contribution in [0, 0.1) is 0 Å². The van der Waals surface area contributed by atoms with Crippen molar-refractivity contribution in [2.75, 3.05) is 26.3 Å². The van der Waals surface area contributed by atoms with Crippen LogP contribution in [-0.2, 0) is 4.74 Å². The maximum Gasteiger partial charge on any atom is 0.261 e. The largest absolute Gasteiger partial charge is 0.375 e. The molecule has 0 aromatic heterocycles. The molecule has 0 saturated heterocycles. The van der Waals surface area contributed by atoms with E-state index < -0.39 is 13.0 Å². The summed E-state index contributed by atoms with van der Waals surface area (Å²) in [6.45, 7) is 3.21. The van der Waals surface area contributed by atoms with Crippen molar-refractivity contribution < 1.29 is 13.5 Å². The van der Waals surface area contributed by atoms with Gasteiger partial charge in [-0.3, -0.25) is 0 Å². The van der Waals surface area contributed by atoms with Gasteiger partial charge in [0.1, 0.15) is 6.61 Å². The van der Waals surface area contributed by atoms with E-state index >= 15 is 0 Å². The molecule has 1 unspecified atom stereocenters. The van der Waals surface area contributed by atoms with Crippen LogP contribution in [0.4, 0.5) is 8.78 Å². The highest BCUT2D eigenvalue weighted by molar-refractivity contribution is 4.59. The van der Waals surface area contributed by atoms with Crippen LogP contribution in [-0.4, -0.2) is 38.8 Å². The van der Waals surface area contributed by atoms with Gasteiger partial charge in [0.25, 0.3) is 6.43 Å². The molecule has 0 heterocycles. The van der Waals surface area contributed by atoms with Crippen molar-refractivity contribution in [3.8, 4) is 0 Å². The summed E-state index contributed by atoms with van der Waals surface area (Å²) in [5.74, 6) is 0. The highest BCUT2D eigenvalue weighted by Gasteiger charge is 2.01. The number of nitrogens with two attached hydrogens (primary N) is 1. The summed E-state index contributed by atoms with van der Waals surface area (Å²) >= 11 is 0. The summed E-state index contributed by atoms with van der Waals surface area (Å²) in [4.78, 5) is 0. The molecule has 1 atom stereocenters. The third kappa shape index (κ3) is 9.66. The monoisotopic (exact) mass is 196 g/mol. The topological polar surface area (TPSA) is 47.3 Å². The zero-order valence-electron chi connectivity index (χ0n) is 7.93. The lowest BCUT2D eigenvalue weighted by Gasteiger charge is -2.10. The Labute approximate surface area is 77.6 Å². The fourth-order valence-electron chi connectivity index (χ4n) is 0.778. The fourth-order valence-corrected chi connectivity index (χ4v) is 0.778. The van der Waals surface area contributed by atoms with Crippen molar-refractivity contribution in [3.05, 3.63) is 0 Å². The Morgan fingerprint density at radius 3 is 2.69 bits per heavy atom. The predicted molar refractivity (Wildman–Crippen MR) is 48.0 cm³/mol. The zero-order valence-corrected chi connectivity index (χ0v) is 7.93. The molecule has 80 valence electrons. The molecule has 13 heavy (non-hydrogen) atoms. The average Bonchev–Trinajstić information content (AvgIpc) is 2.10. The molecule has 0 fully saturated rings. The fraction of sp³-hybridized carbons (Fsp3) is 1.00. The maximum atomic E-state index is 11.6. The normalized spacial score (nSPS) is 13.6. The number of rotatable bonds is 8. The van der Waals surface area contributed by atoms with E-state index in [-0.39, 0.29) is 6.04 Å². The summed E-state index contributed by atoms with van der Waals surface area (Å²) in [6.07, 6.45) is -1.63. The quantitative estimate of drug-likeness (QED) is 0.559. The molecule has 0 radical (unpaired) electrons. The molecular weight excluding hydrogens is 178 g/mol. The van der Waals surface area contributed by atoms with E-state index in [0.717, 1.165) is 13.0 Å². The smallest absolute Gasteiger partial charge is 0.261 e. The molecule has 3 nitrogen and oxygen atoms in total. The van der Waals surface area contributed by atoms with Crippen LogP contribution in [0.15, 0.2) is 0 Å². The van der Waals surface area contributed by atoms with Gasteiger partial charge in [0, 0.05) is 19.2 Å². The van der Waals surface area contributed by atoms with Gasteiger partial charge in [0.15, 0.2) is 0 Å². The lowest BCUT2D eigenvalue weighted by atomic mass is 10.3. The number of hydrogen-bond donors (Lipinski definition) is 2. The molecule has 5 heteroatoms. The first-order valence-corrected chi connectivity index (χ1v) is 4.46. The SMILES string of the molecule is CC(CN)NCCCOCC(F)F. The van der Waals surface area contributed by atoms with E-state index in [1.165, 1.54) is 0 Å². The first-order valence-electron chi connectivity index (χ1n) is 4.46. The molecule has 0 aromatic rings. The Balaban J connectivity index is 2.99. The van der Waals surface area contributed by atoms with Crippen molar-refractivity contribution in [2.24, 2.45) is 5.73 Å². The Kier molecular flexibility index (Phi) is 8.18. The van der Waals surface area contributed by atoms with Crippen LogP contribution in [0.3, 0.4) is 0 Å². The van der Waals surface area contributed by atoms with Crippen LogP contribution < -0.4 is 11.1 Å². The number of hydrogen-bond acceptors (Lipinski definition) is 3. The molecule has 0 rings (SSSR count). The summed E-state index contributed by atoms with van der Waals surface area (Å²) in [5.41, 5.74) is 5.36. The second-order valence-corrected chi connectivity index (χ2v) is 2.91. The van der Waals surface area contributed by atoms with Crippen LogP contribution in [0.25, 0.3) is 0 Å². The van der Waals surface area contributed by atoms with Gasteiger partial charge in [-0.1, -0.05) is 0 Å². The van der Waals surface area contributed by atoms with Crippen LogP contribution in [0.1, 0.15) is 13.3 Å². The van der Waals surface area contributed by atoms with Gasteiger partial charge in [0.2, 0.25) is 0 Å². The molecule has 0 aliphatic rings. The van der Waals surface area contributed by atoms with Gasteiger partial charge in [-0.2, -0.15) is 0 Å². The second kappa shape index (κ2) is 8.34. The summed E-state index contributed by atoms with van der Waals surface area (Å²) in [7, 11) is 0. The van der Waals surface area contributed by atoms with Crippen molar-refractivity contribution in [1.82, 2.24) is 5.32 Å². The van der Waals surface area contributed by atoms with E-state index in [2.05, 4.69) is 10.1 Å². The maximum absolute atomic E-state index is 11.6. The Bertz CT molecular complexity index is 114. The third-order valence-corrected chi connectivity index (χ3v) is 1.56. The Morgan fingerprint density at radius 2 is 2.15 bits per heavy atom. The van der Waals surface area contributed by atoms with Gasteiger partial charge in [-0.05, 0) is 19.9 Å². The molecule has 3 N–H and O–H groups in total. The minimum Gasteiger partial charge on any atom is -0.375 e. The molecule has 0 amide bonds. The molecule has 0 bridgehead atoms. The predicted octanol–water partition coefficient (Wildman–Crippen LogP) is 0.595. The van der Waals surface area contributed by atoms with Crippen LogP contribution in [0.2, 0.25) is 0 Å². The summed E-state index contributed by atoms with van der Waals surface area (Å²) in [6, 6.07) is 0.273. The first kappa shape index (κ1) is 12.7. The molecule has 0 aliphatic carbocycles. The number of halogens is 2. The number of alkyl halides is 2. The molecule has 0 saturated carbocycles. The average molecular weight is 196 g/mol. The number of ether oxygens (including phenoxy) is 1. The van der Waals surface area contributed by atoms with E-state index in [4.69, 9.17) is 5.73 Å². The van der Waals surface area contributed by atoms with Crippen LogP contribution >= 0.6 is 0 Å². The standard InChI is InChI=1S/C8H18F2N2O/c1-7(5-11)12-3-2-4-13-6-8(9)10/h7-8,12H,2-6,11H2,1H3.